The minimum absolute atomic E-state index is 1.07. The Morgan fingerprint density at radius 1 is 1.09 bits per heavy atom. The Hall–Kier alpha value is -0.0151. The van der Waals surface area contributed by atoms with Crippen molar-refractivity contribution in [3.63, 3.8) is 0 Å². The monoisotopic (exact) mass is 152 g/mol. The van der Waals surface area contributed by atoms with Crippen molar-refractivity contribution in [2.75, 3.05) is 32.7 Å². The molecule has 0 aromatic rings. The van der Waals surface area contributed by atoms with E-state index in [0.717, 1.165) is 5.92 Å². The molecule has 11 heavy (non-hydrogen) atoms. The van der Waals surface area contributed by atoms with Crippen LogP contribution in [-0.4, -0.2) is 50.4 Å². The van der Waals surface area contributed by atoms with Gasteiger partial charge in [0.25, 0.3) is 0 Å². The lowest BCUT2D eigenvalue weighted by Crippen LogP contribution is -2.45. The van der Waals surface area contributed by atoms with Gasteiger partial charge in [-0.1, -0.05) is 0 Å². The number of hydrogen-bond acceptors (Lipinski definition) is 2. The van der Waals surface area contributed by atoms with Gasteiger partial charge in [0.1, 0.15) is 0 Å². The third kappa shape index (κ3) is 2.21. The molecule has 0 spiro atoms. The summed E-state index contributed by atoms with van der Waals surface area (Å²) in [5.41, 5.74) is 0. The van der Waals surface area contributed by atoms with Crippen LogP contribution in [0.4, 0.5) is 0 Å². The first-order chi connectivity index (χ1) is 5.34. The maximum Gasteiger partial charge on any atom is 0.185 e. The van der Waals surface area contributed by atoms with Crippen LogP contribution in [0.1, 0.15) is 12.8 Å². The van der Waals surface area contributed by atoms with Gasteiger partial charge in [-0.2, -0.15) is 0 Å². The molecule has 2 rings (SSSR count). The number of rotatable bonds is 2. The van der Waals surface area contributed by atoms with Crippen LogP contribution < -0.4 is 0 Å². The average Bonchev–Trinajstić information content (AvgIpc) is 2.78. The van der Waals surface area contributed by atoms with Gasteiger partial charge in [0.05, 0.1) is 0 Å². The highest BCUT2D eigenvalue weighted by molar-refractivity contribution is 6.04. The summed E-state index contributed by atoms with van der Waals surface area (Å²) in [4.78, 5) is 5.04. The van der Waals surface area contributed by atoms with Gasteiger partial charge in [0, 0.05) is 19.6 Å². The third-order valence-electron chi connectivity index (χ3n) is 2.81. The standard InChI is InChI=1S/C8H17BN2/c9-11-5-3-10(4-6-11)7-8-1-2-8/h8H,1-7,9H2. The molecule has 1 heterocycles. The predicted octanol–water partition coefficient (Wildman–Crippen LogP) is -0.438. The van der Waals surface area contributed by atoms with Gasteiger partial charge in [0.2, 0.25) is 0 Å². The lowest BCUT2D eigenvalue weighted by molar-refractivity contribution is 0.185. The molecule has 62 valence electrons. The minimum Gasteiger partial charge on any atom is -0.346 e. The lowest BCUT2D eigenvalue weighted by atomic mass is 10.2. The van der Waals surface area contributed by atoms with Crippen molar-refractivity contribution < 1.29 is 0 Å². The molecule has 0 aromatic carbocycles. The van der Waals surface area contributed by atoms with Crippen molar-refractivity contribution >= 4 is 7.98 Å². The number of piperazine rings is 1. The van der Waals surface area contributed by atoms with Gasteiger partial charge in [-0.05, 0) is 31.8 Å². The maximum absolute atomic E-state index is 2.62. The molecule has 2 fully saturated rings. The minimum atomic E-state index is 1.07. The Morgan fingerprint density at radius 3 is 2.27 bits per heavy atom. The van der Waals surface area contributed by atoms with Crippen LogP contribution in [0.3, 0.4) is 0 Å². The SMILES string of the molecule is BN1CCN(CC2CC2)CC1. The molecule has 0 amide bonds. The van der Waals surface area contributed by atoms with E-state index < -0.39 is 0 Å². The topological polar surface area (TPSA) is 6.48 Å². The highest BCUT2D eigenvalue weighted by Crippen LogP contribution is 2.29. The molecule has 0 unspecified atom stereocenters. The average molecular weight is 152 g/mol. The van der Waals surface area contributed by atoms with Crippen LogP contribution in [0.25, 0.3) is 0 Å². The van der Waals surface area contributed by atoms with Crippen molar-refractivity contribution in [3.05, 3.63) is 0 Å². The number of hydrogen-bond donors (Lipinski definition) is 0. The molecule has 1 aliphatic carbocycles. The van der Waals surface area contributed by atoms with Crippen LogP contribution in [-0.2, 0) is 0 Å². The van der Waals surface area contributed by atoms with E-state index in [1.807, 2.05) is 0 Å². The molecule has 1 aliphatic heterocycles. The van der Waals surface area contributed by atoms with E-state index in [2.05, 4.69) is 17.7 Å². The zero-order valence-corrected chi connectivity index (χ0v) is 7.42. The van der Waals surface area contributed by atoms with Crippen LogP contribution >= 0.6 is 0 Å². The second-order valence-electron chi connectivity index (χ2n) is 4.05. The Labute approximate surface area is 70.0 Å². The third-order valence-corrected chi connectivity index (χ3v) is 2.81. The predicted molar refractivity (Wildman–Crippen MR) is 49.3 cm³/mol. The normalized spacial score (nSPS) is 29.1. The zero-order valence-electron chi connectivity index (χ0n) is 7.42. The van der Waals surface area contributed by atoms with E-state index in [-0.39, 0.29) is 0 Å². The molecule has 2 nitrogen and oxygen atoms in total. The molecule has 2 aliphatic rings. The summed E-state index contributed by atoms with van der Waals surface area (Å²) in [5, 5.41) is 0. The van der Waals surface area contributed by atoms with E-state index in [1.54, 1.807) is 0 Å². The molecule has 0 aromatic heterocycles. The van der Waals surface area contributed by atoms with Gasteiger partial charge >= 0.3 is 0 Å². The second-order valence-corrected chi connectivity index (χ2v) is 4.05. The van der Waals surface area contributed by atoms with Gasteiger partial charge in [0.15, 0.2) is 7.98 Å². The van der Waals surface area contributed by atoms with E-state index in [1.165, 1.54) is 45.6 Å². The highest BCUT2D eigenvalue weighted by Gasteiger charge is 2.25. The van der Waals surface area contributed by atoms with E-state index in [0.29, 0.717) is 0 Å². The summed E-state index contributed by atoms with van der Waals surface area (Å²) in [6, 6.07) is 0. The Bertz CT molecular complexity index is 128. The Kier molecular flexibility index (Phi) is 2.19. The first-order valence-electron chi connectivity index (χ1n) is 4.75. The lowest BCUT2D eigenvalue weighted by Gasteiger charge is -2.32. The van der Waals surface area contributed by atoms with Crippen molar-refractivity contribution in [2.45, 2.75) is 12.8 Å². The quantitative estimate of drug-likeness (QED) is 0.495. The van der Waals surface area contributed by atoms with E-state index >= 15 is 0 Å². The van der Waals surface area contributed by atoms with Gasteiger partial charge < -0.3 is 9.71 Å². The Balaban J connectivity index is 1.69. The Morgan fingerprint density at radius 2 is 1.73 bits per heavy atom. The largest absolute Gasteiger partial charge is 0.346 e. The molecule has 0 radical (unpaired) electrons. The van der Waals surface area contributed by atoms with Crippen LogP contribution in [0.5, 0.6) is 0 Å². The molecular weight excluding hydrogens is 135 g/mol. The summed E-state index contributed by atoms with van der Waals surface area (Å²) < 4.78 is 0. The van der Waals surface area contributed by atoms with Crippen molar-refractivity contribution in [3.8, 4) is 0 Å². The smallest absolute Gasteiger partial charge is 0.185 e. The molecular formula is C8H17BN2. The first kappa shape index (κ1) is 7.62. The summed E-state index contributed by atoms with van der Waals surface area (Å²) in [7, 11) is 2.22. The fraction of sp³-hybridized carbons (Fsp3) is 1.00. The summed E-state index contributed by atoms with van der Waals surface area (Å²) >= 11 is 0. The fourth-order valence-corrected chi connectivity index (χ4v) is 1.70. The van der Waals surface area contributed by atoms with Crippen LogP contribution in [0, 0.1) is 5.92 Å². The van der Waals surface area contributed by atoms with Crippen molar-refractivity contribution in [1.29, 1.82) is 0 Å². The second kappa shape index (κ2) is 3.15. The first-order valence-corrected chi connectivity index (χ1v) is 4.75. The summed E-state index contributed by atoms with van der Waals surface area (Å²) in [6.45, 7) is 6.52. The van der Waals surface area contributed by atoms with Crippen LogP contribution in [0.2, 0.25) is 0 Å². The highest BCUT2D eigenvalue weighted by atomic mass is 15.2. The molecule has 3 heteroatoms. The maximum atomic E-state index is 2.62. The van der Waals surface area contributed by atoms with Gasteiger partial charge in [-0.15, -0.1) is 0 Å². The van der Waals surface area contributed by atoms with Crippen molar-refractivity contribution in [2.24, 2.45) is 5.92 Å². The summed E-state index contributed by atoms with van der Waals surface area (Å²) in [5.74, 6) is 1.07. The molecule has 0 N–H and O–H groups in total. The molecule has 0 bridgehead atoms. The van der Waals surface area contributed by atoms with E-state index in [9.17, 15) is 0 Å². The zero-order chi connectivity index (χ0) is 7.68. The molecule has 1 saturated carbocycles. The van der Waals surface area contributed by atoms with Gasteiger partial charge in [-0.3, -0.25) is 0 Å². The van der Waals surface area contributed by atoms with Gasteiger partial charge in [-0.25, -0.2) is 0 Å². The number of nitrogens with zero attached hydrogens (tertiary/aromatic N) is 2. The summed E-state index contributed by atoms with van der Waals surface area (Å²) in [6.07, 6.45) is 2.98. The fourth-order valence-electron chi connectivity index (χ4n) is 1.70. The van der Waals surface area contributed by atoms with Crippen LogP contribution in [0.15, 0.2) is 0 Å². The molecule has 0 atom stereocenters. The van der Waals surface area contributed by atoms with Crippen molar-refractivity contribution in [1.82, 2.24) is 9.71 Å². The van der Waals surface area contributed by atoms with E-state index in [4.69, 9.17) is 0 Å². The molecule has 1 saturated heterocycles.